The normalized spacial score (nSPS) is 10.9. The lowest BCUT2D eigenvalue weighted by Gasteiger charge is -1.99. The molecule has 2 aromatic heterocycles. The highest BCUT2D eigenvalue weighted by molar-refractivity contribution is 6.33. The quantitative estimate of drug-likeness (QED) is 0.767. The Labute approximate surface area is 90.9 Å². The summed E-state index contributed by atoms with van der Waals surface area (Å²) in [5.74, 6) is 0.155. The standard InChI is InChI=1S/C9H9ClN4O/c1-5-3-12-9-13-8(10)7(6(15)2-11)14(9)4-5/h3-4H,2,11H2,1H3. The van der Waals surface area contributed by atoms with Crippen LogP contribution < -0.4 is 5.73 Å². The molecule has 78 valence electrons. The van der Waals surface area contributed by atoms with E-state index in [9.17, 15) is 4.79 Å². The third-order valence-electron chi connectivity index (χ3n) is 2.02. The van der Waals surface area contributed by atoms with Gasteiger partial charge in [0.2, 0.25) is 5.78 Å². The first-order valence-corrected chi connectivity index (χ1v) is 4.74. The number of Topliss-reactive ketones (excluding diaryl/α,β-unsaturated/α-hetero) is 1. The van der Waals surface area contributed by atoms with Gasteiger partial charge in [-0.15, -0.1) is 0 Å². The predicted molar refractivity (Wildman–Crippen MR) is 56.1 cm³/mol. The van der Waals surface area contributed by atoms with Crippen LogP contribution in [0.2, 0.25) is 5.15 Å². The molecule has 0 aliphatic carbocycles. The summed E-state index contributed by atoms with van der Waals surface area (Å²) in [6.07, 6.45) is 3.42. The van der Waals surface area contributed by atoms with Crippen molar-refractivity contribution >= 4 is 23.2 Å². The molecule has 0 aliphatic heterocycles. The number of nitrogens with two attached hydrogens (primary N) is 1. The Morgan fingerprint density at radius 3 is 3.07 bits per heavy atom. The molecule has 0 unspecified atom stereocenters. The molecule has 5 nitrogen and oxygen atoms in total. The van der Waals surface area contributed by atoms with Gasteiger partial charge in [0, 0.05) is 12.4 Å². The number of carbonyl (C=O) groups is 1. The molecule has 2 heterocycles. The Kier molecular flexibility index (Phi) is 2.42. The van der Waals surface area contributed by atoms with Gasteiger partial charge in [-0.2, -0.15) is 4.98 Å². The molecule has 15 heavy (non-hydrogen) atoms. The summed E-state index contributed by atoms with van der Waals surface area (Å²) in [7, 11) is 0. The maximum atomic E-state index is 11.5. The summed E-state index contributed by atoms with van der Waals surface area (Å²) >= 11 is 5.85. The summed E-state index contributed by atoms with van der Waals surface area (Å²) in [6, 6.07) is 0. The van der Waals surface area contributed by atoms with Crippen LogP contribution in [-0.4, -0.2) is 26.7 Å². The molecule has 0 fully saturated rings. The minimum atomic E-state index is -0.250. The lowest BCUT2D eigenvalue weighted by atomic mass is 10.3. The van der Waals surface area contributed by atoms with E-state index in [4.69, 9.17) is 17.3 Å². The molecule has 0 radical (unpaired) electrons. The van der Waals surface area contributed by atoms with Gasteiger partial charge in [-0.25, -0.2) is 4.98 Å². The zero-order valence-corrected chi connectivity index (χ0v) is 8.82. The lowest BCUT2D eigenvalue weighted by Crippen LogP contribution is -2.16. The van der Waals surface area contributed by atoms with E-state index in [1.807, 2.05) is 6.92 Å². The summed E-state index contributed by atoms with van der Waals surface area (Å²) in [4.78, 5) is 19.5. The number of carbonyl (C=O) groups excluding carboxylic acids is 1. The Hall–Kier alpha value is -1.46. The molecule has 2 N–H and O–H groups in total. The van der Waals surface area contributed by atoms with E-state index < -0.39 is 0 Å². The molecule has 2 rings (SSSR count). The van der Waals surface area contributed by atoms with Crippen molar-refractivity contribution in [2.45, 2.75) is 6.92 Å². The zero-order valence-electron chi connectivity index (χ0n) is 8.07. The number of imidazole rings is 1. The van der Waals surface area contributed by atoms with Crippen LogP contribution in [0.5, 0.6) is 0 Å². The largest absolute Gasteiger partial charge is 0.324 e. The third-order valence-corrected chi connectivity index (χ3v) is 2.28. The fourth-order valence-electron chi connectivity index (χ4n) is 1.35. The number of hydrogen-bond acceptors (Lipinski definition) is 4. The Bertz CT molecular complexity index is 534. The molecule has 0 aliphatic rings. The molecule has 0 bridgehead atoms. The first-order chi connectivity index (χ1) is 7.13. The molecular weight excluding hydrogens is 216 g/mol. The van der Waals surface area contributed by atoms with Crippen LogP contribution in [-0.2, 0) is 0 Å². The van der Waals surface area contributed by atoms with E-state index in [1.54, 1.807) is 16.8 Å². The molecule has 0 amide bonds. The van der Waals surface area contributed by atoms with Gasteiger partial charge in [-0.05, 0) is 12.5 Å². The molecule has 0 aromatic carbocycles. The van der Waals surface area contributed by atoms with Crippen molar-refractivity contribution in [3.63, 3.8) is 0 Å². The van der Waals surface area contributed by atoms with Crippen LogP contribution in [0.4, 0.5) is 0 Å². The van der Waals surface area contributed by atoms with Crippen molar-refractivity contribution in [3.05, 3.63) is 28.8 Å². The SMILES string of the molecule is Cc1cnc2nc(Cl)c(C(=O)CN)n2c1. The Morgan fingerprint density at radius 1 is 1.67 bits per heavy atom. The van der Waals surface area contributed by atoms with Crippen molar-refractivity contribution in [2.24, 2.45) is 5.73 Å². The molecule has 2 aromatic rings. The van der Waals surface area contributed by atoms with Gasteiger partial charge in [-0.3, -0.25) is 9.20 Å². The monoisotopic (exact) mass is 224 g/mol. The minimum Gasteiger partial charge on any atom is -0.324 e. The molecule has 0 saturated carbocycles. The van der Waals surface area contributed by atoms with Crippen molar-refractivity contribution < 1.29 is 4.79 Å². The van der Waals surface area contributed by atoms with Gasteiger partial charge >= 0.3 is 0 Å². The smallest absolute Gasteiger partial charge is 0.235 e. The predicted octanol–water partition coefficient (Wildman–Crippen LogP) is 0.833. The van der Waals surface area contributed by atoms with Gasteiger partial charge in [0.05, 0.1) is 6.54 Å². The molecule has 0 atom stereocenters. The number of rotatable bonds is 2. The Balaban J connectivity index is 2.76. The highest BCUT2D eigenvalue weighted by Gasteiger charge is 2.17. The number of ketones is 1. The maximum Gasteiger partial charge on any atom is 0.235 e. The lowest BCUT2D eigenvalue weighted by molar-refractivity contribution is 0.0996. The number of halogens is 1. The summed E-state index contributed by atoms with van der Waals surface area (Å²) < 4.78 is 1.56. The van der Waals surface area contributed by atoms with E-state index in [-0.39, 0.29) is 17.5 Å². The van der Waals surface area contributed by atoms with Crippen LogP contribution in [0.25, 0.3) is 5.78 Å². The van der Waals surface area contributed by atoms with E-state index in [0.717, 1.165) is 5.56 Å². The van der Waals surface area contributed by atoms with Crippen LogP contribution >= 0.6 is 11.6 Å². The van der Waals surface area contributed by atoms with Crippen LogP contribution in [0, 0.1) is 6.92 Å². The van der Waals surface area contributed by atoms with Crippen molar-refractivity contribution in [1.29, 1.82) is 0 Å². The average molecular weight is 225 g/mol. The van der Waals surface area contributed by atoms with Gasteiger partial charge in [0.25, 0.3) is 0 Å². The molecular formula is C9H9ClN4O. The number of aromatic nitrogens is 3. The number of aryl methyl sites for hydroxylation is 1. The highest BCUT2D eigenvalue weighted by Crippen LogP contribution is 2.17. The number of nitrogens with zero attached hydrogens (tertiary/aromatic N) is 3. The Morgan fingerprint density at radius 2 is 2.40 bits per heavy atom. The fraction of sp³-hybridized carbons (Fsp3) is 0.222. The maximum absolute atomic E-state index is 11.5. The minimum absolute atomic E-state index is 0.0958. The van der Waals surface area contributed by atoms with Gasteiger partial charge in [0.1, 0.15) is 5.69 Å². The average Bonchev–Trinajstić information content (AvgIpc) is 2.52. The first kappa shape index (κ1) is 10.1. The van der Waals surface area contributed by atoms with Gasteiger partial charge < -0.3 is 5.73 Å². The summed E-state index contributed by atoms with van der Waals surface area (Å²) in [5.41, 5.74) is 6.51. The van der Waals surface area contributed by atoms with E-state index >= 15 is 0 Å². The third kappa shape index (κ3) is 1.60. The van der Waals surface area contributed by atoms with Gasteiger partial charge in [0.15, 0.2) is 10.9 Å². The fourth-order valence-corrected chi connectivity index (χ4v) is 1.62. The van der Waals surface area contributed by atoms with Crippen molar-refractivity contribution in [2.75, 3.05) is 6.54 Å². The summed E-state index contributed by atoms with van der Waals surface area (Å²) in [6.45, 7) is 1.78. The second-order valence-corrected chi connectivity index (χ2v) is 3.54. The van der Waals surface area contributed by atoms with Crippen LogP contribution in [0.3, 0.4) is 0 Å². The summed E-state index contributed by atoms with van der Waals surface area (Å²) in [5, 5.41) is 0.142. The molecule has 0 saturated heterocycles. The van der Waals surface area contributed by atoms with E-state index in [0.29, 0.717) is 11.5 Å². The molecule has 0 spiro atoms. The number of hydrogen-bond donors (Lipinski definition) is 1. The topological polar surface area (TPSA) is 73.3 Å². The first-order valence-electron chi connectivity index (χ1n) is 4.37. The van der Waals surface area contributed by atoms with Crippen molar-refractivity contribution in [3.8, 4) is 0 Å². The van der Waals surface area contributed by atoms with Crippen LogP contribution in [0.1, 0.15) is 16.1 Å². The highest BCUT2D eigenvalue weighted by atomic mass is 35.5. The van der Waals surface area contributed by atoms with Crippen LogP contribution in [0.15, 0.2) is 12.4 Å². The second kappa shape index (κ2) is 3.60. The van der Waals surface area contributed by atoms with Gasteiger partial charge in [-0.1, -0.05) is 11.6 Å². The van der Waals surface area contributed by atoms with E-state index in [2.05, 4.69) is 9.97 Å². The number of fused-ring (bicyclic) bond motifs is 1. The second-order valence-electron chi connectivity index (χ2n) is 3.18. The molecule has 6 heteroatoms. The zero-order chi connectivity index (χ0) is 11.0. The van der Waals surface area contributed by atoms with E-state index in [1.165, 1.54) is 0 Å². The van der Waals surface area contributed by atoms with Crippen molar-refractivity contribution in [1.82, 2.24) is 14.4 Å².